The van der Waals surface area contributed by atoms with E-state index in [4.69, 9.17) is 4.74 Å². The van der Waals surface area contributed by atoms with E-state index in [0.29, 0.717) is 0 Å². The van der Waals surface area contributed by atoms with Crippen molar-refractivity contribution in [2.45, 2.75) is 32.6 Å². The second-order valence-electron chi connectivity index (χ2n) is 5.70. The Morgan fingerprint density at radius 2 is 2.00 bits per heavy atom. The van der Waals surface area contributed by atoms with Crippen molar-refractivity contribution in [1.29, 1.82) is 0 Å². The molecular formula is C14H26N4O. The van der Waals surface area contributed by atoms with Gasteiger partial charge in [-0.3, -0.25) is 0 Å². The first kappa shape index (κ1) is 15.7. The number of hydrogen-bond donors (Lipinski definition) is 1. The highest BCUT2D eigenvalue weighted by molar-refractivity contribution is 5.49. The van der Waals surface area contributed by atoms with Crippen molar-refractivity contribution in [2.75, 3.05) is 44.6 Å². The predicted molar refractivity (Wildman–Crippen MR) is 80.0 cm³/mol. The Labute approximate surface area is 116 Å². The Balaban J connectivity index is 2.93. The van der Waals surface area contributed by atoms with Crippen molar-refractivity contribution in [3.8, 4) is 0 Å². The first-order chi connectivity index (χ1) is 8.88. The first-order valence-corrected chi connectivity index (χ1v) is 6.66. The van der Waals surface area contributed by atoms with Crippen LogP contribution in [0.5, 0.6) is 0 Å². The molecule has 0 unspecified atom stereocenters. The van der Waals surface area contributed by atoms with E-state index in [2.05, 4.69) is 41.0 Å². The van der Waals surface area contributed by atoms with E-state index in [1.54, 1.807) is 7.11 Å². The third kappa shape index (κ3) is 4.67. The molecule has 0 aliphatic rings. The molecule has 1 aromatic heterocycles. The zero-order chi connectivity index (χ0) is 14.5. The fourth-order valence-corrected chi connectivity index (χ4v) is 1.65. The van der Waals surface area contributed by atoms with Gasteiger partial charge in [-0.2, -0.15) is 0 Å². The molecule has 1 aromatic rings. The highest BCUT2D eigenvalue weighted by atomic mass is 16.5. The number of aromatic nitrogens is 2. The molecule has 0 saturated heterocycles. The number of nitrogens with one attached hydrogen (secondary N) is 1. The minimum Gasteiger partial charge on any atom is -0.385 e. The molecular weight excluding hydrogens is 240 g/mol. The molecule has 0 spiro atoms. The first-order valence-electron chi connectivity index (χ1n) is 6.66. The molecule has 0 bridgehead atoms. The van der Waals surface area contributed by atoms with Gasteiger partial charge in [0, 0.05) is 45.8 Å². The van der Waals surface area contributed by atoms with Crippen LogP contribution in [0.15, 0.2) is 6.07 Å². The van der Waals surface area contributed by atoms with Crippen LogP contribution in [-0.4, -0.2) is 44.3 Å². The summed E-state index contributed by atoms with van der Waals surface area (Å²) in [5.74, 6) is 2.65. The molecule has 5 nitrogen and oxygen atoms in total. The molecule has 1 rings (SSSR count). The summed E-state index contributed by atoms with van der Waals surface area (Å²) in [5, 5.41) is 3.10. The maximum absolute atomic E-state index is 5.08. The van der Waals surface area contributed by atoms with Gasteiger partial charge in [0.1, 0.15) is 17.5 Å². The Bertz CT molecular complexity index is 401. The molecule has 0 radical (unpaired) electrons. The van der Waals surface area contributed by atoms with Gasteiger partial charge < -0.3 is 15.0 Å². The van der Waals surface area contributed by atoms with Crippen LogP contribution in [0.3, 0.4) is 0 Å². The maximum Gasteiger partial charge on any atom is 0.138 e. The lowest BCUT2D eigenvalue weighted by Gasteiger charge is -2.23. The van der Waals surface area contributed by atoms with Gasteiger partial charge in [-0.1, -0.05) is 20.8 Å². The average Bonchev–Trinajstić information content (AvgIpc) is 2.37. The second-order valence-corrected chi connectivity index (χ2v) is 5.70. The van der Waals surface area contributed by atoms with Gasteiger partial charge >= 0.3 is 0 Å². The number of rotatable bonds is 6. The van der Waals surface area contributed by atoms with Gasteiger partial charge in [-0.05, 0) is 6.42 Å². The van der Waals surface area contributed by atoms with E-state index in [-0.39, 0.29) is 5.41 Å². The molecule has 19 heavy (non-hydrogen) atoms. The number of anilines is 2. The Kier molecular flexibility index (Phi) is 5.54. The summed E-state index contributed by atoms with van der Waals surface area (Å²) >= 11 is 0. The molecule has 0 atom stereocenters. The third-order valence-corrected chi connectivity index (χ3v) is 2.87. The standard InChI is InChI=1S/C14H26N4O/c1-14(2,3)13-16-11(15-4)10-12(17-13)18(5)8-7-9-19-6/h10H,7-9H2,1-6H3,(H,15,16,17). The number of hydrogen-bond acceptors (Lipinski definition) is 5. The van der Waals surface area contributed by atoms with E-state index >= 15 is 0 Å². The van der Waals surface area contributed by atoms with E-state index in [0.717, 1.165) is 37.0 Å². The number of methoxy groups -OCH3 is 1. The molecule has 0 saturated carbocycles. The molecule has 0 aromatic carbocycles. The lowest BCUT2D eigenvalue weighted by Crippen LogP contribution is -2.24. The summed E-state index contributed by atoms with van der Waals surface area (Å²) < 4.78 is 5.08. The third-order valence-electron chi connectivity index (χ3n) is 2.87. The molecule has 108 valence electrons. The van der Waals surface area contributed by atoms with Gasteiger partial charge in [0.25, 0.3) is 0 Å². The number of ether oxygens (including phenoxy) is 1. The van der Waals surface area contributed by atoms with E-state index < -0.39 is 0 Å². The molecule has 0 fully saturated rings. The fourth-order valence-electron chi connectivity index (χ4n) is 1.65. The lowest BCUT2D eigenvalue weighted by atomic mass is 9.96. The van der Waals surface area contributed by atoms with Gasteiger partial charge in [0.05, 0.1) is 0 Å². The summed E-state index contributed by atoms with van der Waals surface area (Å²) in [6, 6.07) is 1.97. The molecule has 1 heterocycles. The van der Waals surface area contributed by atoms with Crippen molar-refractivity contribution in [3.63, 3.8) is 0 Å². The lowest BCUT2D eigenvalue weighted by molar-refractivity contribution is 0.196. The van der Waals surface area contributed by atoms with Gasteiger partial charge in [-0.25, -0.2) is 9.97 Å². The summed E-state index contributed by atoms with van der Waals surface area (Å²) in [6.45, 7) is 8.04. The Morgan fingerprint density at radius 3 is 2.53 bits per heavy atom. The fraction of sp³-hybridized carbons (Fsp3) is 0.714. The summed E-state index contributed by atoms with van der Waals surface area (Å²) in [5.41, 5.74) is -0.0605. The largest absolute Gasteiger partial charge is 0.385 e. The van der Waals surface area contributed by atoms with Crippen LogP contribution in [0.25, 0.3) is 0 Å². The SMILES string of the molecule is CNc1cc(N(C)CCCOC)nc(C(C)(C)C)n1. The van der Waals surface area contributed by atoms with Gasteiger partial charge in [-0.15, -0.1) is 0 Å². The van der Waals surface area contributed by atoms with E-state index in [9.17, 15) is 0 Å². The predicted octanol–water partition coefficient (Wildman–Crippen LogP) is 2.29. The van der Waals surface area contributed by atoms with Gasteiger partial charge in [0.15, 0.2) is 0 Å². The van der Waals surface area contributed by atoms with E-state index in [1.807, 2.05) is 20.2 Å². The van der Waals surface area contributed by atoms with Crippen LogP contribution in [-0.2, 0) is 10.2 Å². The molecule has 1 N–H and O–H groups in total. The molecule has 5 heteroatoms. The summed E-state index contributed by atoms with van der Waals surface area (Å²) in [4.78, 5) is 11.3. The molecule has 0 aliphatic carbocycles. The quantitative estimate of drug-likeness (QED) is 0.801. The topological polar surface area (TPSA) is 50.3 Å². The van der Waals surface area contributed by atoms with Crippen molar-refractivity contribution < 1.29 is 4.74 Å². The van der Waals surface area contributed by atoms with Gasteiger partial charge in [0.2, 0.25) is 0 Å². The minimum absolute atomic E-state index is 0.0605. The second kappa shape index (κ2) is 6.70. The van der Waals surface area contributed by atoms with Crippen LogP contribution in [0.2, 0.25) is 0 Å². The van der Waals surface area contributed by atoms with Crippen LogP contribution in [0.1, 0.15) is 33.0 Å². The number of nitrogens with zero attached hydrogens (tertiary/aromatic N) is 3. The normalized spacial score (nSPS) is 11.5. The van der Waals surface area contributed by atoms with Crippen LogP contribution in [0.4, 0.5) is 11.6 Å². The highest BCUT2D eigenvalue weighted by Gasteiger charge is 2.19. The van der Waals surface area contributed by atoms with Crippen molar-refractivity contribution >= 4 is 11.6 Å². The van der Waals surface area contributed by atoms with E-state index in [1.165, 1.54) is 0 Å². The average molecular weight is 266 g/mol. The van der Waals surface area contributed by atoms with Crippen LogP contribution >= 0.6 is 0 Å². The molecule has 0 amide bonds. The zero-order valence-corrected chi connectivity index (χ0v) is 12.9. The maximum atomic E-state index is 5.08. The Hall–Kier alpha value is -1.36. The zero-order valence-electron chi connectivity index (χ0n) is 12.9. The van der Waals surface area contributed by atoms with Crippen molar-refractivity contribution in [3.05, 3.63) is 11.9 Å². The van der Waals surface area contributed by atoms with Crippen LogP contribution < -0.4 is 10.2 Å². The highest BCUT2D eigenvalue weighted by Crippen LogP contribution is 2.23. The summed E-state index contributed by atoms with van der Waals surface area (Å²) in [7, 11) is 5.65. The summed E-state index contributed by atoms with van der Waals surface area (Å²) in [6.07, 6.45) is 0.983. The van der Waals surface area contributed by atoms with Crippen molar-refractivity contribution in [1.82, 2.24) is 9.97 Å². The smallest absolute Gasteiger partial charge is 0.138 e. The molecule has 0 aliphatic heterocycles. The Morgan fingerprint density at radius 1 is 1.32 bits per heavy atom. The van der Waals surface area contributed by atoms with Crippen molar-refractivity contribution in [2.24, 2.45) is 0 Å². The minimum atomic E-state index is -0.0605. The van der Waals surface area contributed by atoms with Crippen LogP contribution in [0, 0.1) is 0 Å². The monoisotopic (exact) mass is 266 g/mol.